The van der Waals surface area contributed by atoms with Crippen LogP contribution in [-0.4, -0.2) is 0 Å². The van der Waals surface area contributed by atoms with E-state index in [1.807, 2.05) is 0 Å². The summed E-state index contributed by atoms with van der Waals surface area (Å²) in [5.41, 5.74) is 0. The van der Waals surface area contributed by atoms with E-state index in [0.717, 1.165) is 0 Å². The maximum atomic E-state index is 0. The van der Waals surface area contributed by atoms with E-state index < -0.39 is 0 Å². The van der Waals surface area contributed by atoms with Gasteiger partial charge in [0.1, 0.15) is 0 Å². The number of rotatable bonds is 0. The van der Waals surface area contributed by atoms with E-state index in [1.54, 1.807) is 0 Å². The van der Waals surface area contributed by atoms with E-state index in [4.69, 9.17) is 0 Å². The van der Waals surface area contributed by atoms with E-state index in [-0.39, 0.29) is 140 Å². The summed E-state index contributed by atoms with van der Waals surface area (Å²) in [7, 11) is 0. The SMILES string of the molecule is [Mo].[Mo].[Ni].[Ni].[O-2].[O-2].[O-2].[O-2].[O-2].[V].[V]. The van der Waals surface area contributed by atoms with E-state index in [0.29, 0.717) is 0 Å². The number of hydrogen-bond donors (Lipinski definition) is 0. The van der Waals surface area contributed by atoms with Crippen LogP contribution in [0.1, 0.15) is 0 Å². The van der Waals surface area contributed by atoms with E-state index in [2.05, 4.69) is 0 Å². The summed E-state index contributed by atoms with van der Waals surface area (Å²) in [5, 5.41) is 0. The van der Waals surface area contributed by atoms with E-state index in [1.165, 1.54) is 0 Å². The molecule has 0 atom stereocenters. The zero-order valence-electron chi connectivity index (χ0n) is 4.38. The number of hydrogen-bond acceptors (Lipinski definition) is 0. The normalized spacial score (nSPS) is 0. The van der Waals surface area contributed by atoms with Crippen molar-refractivity contribution in [1.29, 1.82) is 0 Å². The van der Waals surface area contributed by atoms with E-state index >= 15 is 0 Å². The molecule has 0 aliphatic rings. The average molecular weight is 491 g/mol. The summed E-state index contributed by atoms with van der Waals surface area (Å²) in [5.74, 6) is 0. The molecule has 5 nitrogen and oxygen atoms in total. The summed E-state index contributed by atoms with van der Waals surface area (Å²) in [4.78, 5) is 0. The van der Waals surface area contributed by atoms with Crippen LogP contribution in [-0.2, 0) is 140 Å². The molecule has 2 radical (unpaired) electrons. The summed E-state index contributed by atoms with van der Waals surface area (Å²) in [6.45, 7) is 0. The van der Waals surface area contributed by atoms with Crippen molar-refractivity contribution in [2.24, 2.45) is 0 Å². The van der Waals surface area contributed by atoms with Gasteiger partial charge in [0.05, 0.1) is 0 Å². The molecular weight excluding hydrogens is 491 g/mol. The minimum atomic E-state index is 0. The first kappa shape index (κ1) is 229. The van der Waals surface area contributed by atoms with Gasteiger partial charge in [0, 0.05) is 112 Å². The van der Waals surface area contributed by atoms with Gasteiger partial charge in [-0.05, 0) is 0 Å². The molecule has 0 saturated heterocycles. The summed E-state index contributed by atoms with van der Waals surface area (Å²) < 4.78 is 0. The largest absolute Gasteiger partial charge is 2.00 e. The quantitative estimate of drug-likeness (QED) is 0.399. The summed E-state index contributed by atoms with van der Waals surface area (Å²) in [6.07, 6.45) is 0. The maximum absolute atomic E-state index is 0. The predicted octanol–water partition coefficient (Wildman–Crippen LogP) is -0.609. The Hall–Kier alpha value is 3.33. The molecule has 0 aromatic carbocycles. The Kier molecular flexibility index (Phi) is 3810. The third-order valence-corrected chi connectivity index (χ3v) is 0. The monoisotopic (exact) mass is 494 g/mol. The molecule has 0 aliphatic carbocycles. The van der Waals surface area contributed by atoms with Crippen molar-refractivity contribution in [2.45, 2.75) is 0 Å². The molecule has 0 rings (SSSR count). The Morgan fingerprint density at radius 1 is 0.364 bits per heavy atom. The van der Waals surface area contributed by atoms with Crippen LogP contribution < -0.4 is 0 Å². The minimum Gasteiger partial charge on any atom is -2.00 e. The first-order chi connectivity index (χ1) is 0. The van der Waals surface area contributed by atoms with Crippen molar-refractivity contribution in [3.63, 3.8) is 0 Å². The van der Waals surface area contributed by atoms with Gasteiger partial charge in [-0.25, -0.2) is 0 Å². The molecule has 11 heavy (non-hydrogen) atoms. The molecule has 0 aromatic heterocycles. The molecule has 0 fully saturated rings. The van der Waals surface area contributed by atoms with Gasteiger partial charge in [-0.1, -0.05) is 0 Å². The molecule has 0 heterocycles. The zero-order valence-corrected chi connectivity index (χ0v) is 13.2. The Bertz CT molecular complexity index is 20.4. The van der Waals surface area contributed by atoms with Crippen molar-refractivity contribution in [1.82, 2.24) is 0 Å². The van der Waals surface area contributed by atoms with Gasteiger partial charge >= 0.3 is 0 Å². The standard InChI is InChI=1S/2Mo.2Ni.5O.2V/q;;;;5*-2;;. The molecule has 82 valence electrons. The Morgan fingerprint density at radius 2 is 0.364 bits per heavy atom. The van der Waals surface area contributed by atoms with Gasteiger partial charge < -0.3 is 27.4 Å². The van der Waals surface area contributed by atoms with Crippen molar-refractivity contribution < 1.29 is 140 Å². The van der Waals surface area contributed by atoms with Crippen LogP contribution in [0.2, 0.25) is 0 Å². The molecule has 0 unspecified atom stereocenters. The van der Waals surface area contributed by atoms with Gasteiger partial charge in [0.15, 0.2) is 0 Å². The second-order valence-electron chi connectivity index (χ2n) is 0. The molecule has 0 amide bonds. The fourth-order valence-corrected chi connectivity index (χ4v) is 0. The summed E-state index contributed by atoms with van der Waals surface area (Å²) >= 11 is 0. The Morgan fingerprint density at radius 3 is 0.364 bits per heavy atom. The minimum absolute atomic E-state index is 0. The van der Waals surface area contributed by atoms with E-state index in [9.17, 15) is 0 Å². The molecule has 0 bridgehead atoms. The Labute approximate surface area is 138 Å². The molecule has 0 N–H and O–H groups in total. The predicted molar refractivity (Wildman–Crippen MR) is 3.43 cm³/mol. The van der Waals surface area contributed by atoms with Crippen molar-refractivity contribution in [2.75, 3.05) is 0 Å². The first-order valence-electron chi connectivity index (χ1n) is 0. The van der Waals surface area contributed by atoms with Crippen LogP contribution >= 0.6 is 0 Å². The maximum Gasteiger partial charge on any atom is 0 e. The van der Waals surface area contributed by atoms with Gasteiger partial charge in [-0.15, -0.1) is 0 Å². The van der Waals surface area contributed by atoms with Crippen LogP contribution in [0.4, 0.5) is 0 Å². The third-order valence-electron chi connectivity index (χ3n) is 0. The molecule has 0 aliphatic heterocycles. The van der Waals surface area contributed by atoms with Gasteiger partial charge in [-0.2, -0.15) is 0 Å². The fraction of sp³-hybridized carbons (Fsp3) is 0. The van der Waals surface area contributed by atoms with Crippen LogP contribution in [0, 0.1) is 0 Å². The average Bonchev–Trinajstić information content (AvgIpc) is 0. The van der Waals surface area contributed by atoms with Crippen molar-refractivity contribution in [3.8, 4) is 0 Å². The molecular formula is Mo2Ni2O5V2-10. The van der Waals surface area contributed by atoms with Crippen LogP contribution in [0.15, 0.2) is 0 Å². The summed E-state index contributed by atoms with van der Waals surface area (Å²) in [6, 6.07) is 0. The fourth-order valence-electron chi connectivity index (χ4n) is 0. The topological polar surface area (TPSA) is 142 Å². The Balaban J connectivity index is 0. The van der Waals surface area contributed by atoms with Gasteiger partial charge in [-0.3, -0.25) is 0 Å². The van der Waals surface area contributed by atoms with Crippen LogP contribution in [0.5, 0.6) is 0 Å². The van der Waals surface area contributed by atoms with Crippen molar-refractivity contribution in [3.05, 3.63) is 0 Å². The molecule has 0 aromatic rings. The van der Waals surface area contributed by atoms with Gasteiger partial charge in [0.25, 0.3) is 0 Å². The van der Waals surface area contributed by atoms with Crippen LogP contribution in [0.25, 0.3) is 0 Å². The third kappa shape index (κ3) is 154. The van der Waals surface area contributed by atoms with Crippen molar-refractivity contribution >= 4 is 0 Å². The molecule has 0 saturated carbocycles. The second kappa shape index (κ2) is 183. The van der Waals surface area contributed by atoms with Gasteiger partial charge in [0.2, 0.25) is 0 Å². The zero-order chi connectivity index (χ0) is 0. The first-order valence-corrected chi connectivity index (χ1v) is 0. The smallest absolute Gasteiger partial charge is 0 e. The van der Waals surface area contributed by atoms with Crippen LogP contribution in [0.3, 0.4) is 0 Å². The second-order valence-corrected chi connectivity index (χ2v) is 0. The molecule has 11 heteroatoms. The molecule has 0 spiro atoms.